The highest BCUT2D eigenvalue weighted by atomic mass is 35.5. The zero-order valence-electron chi connectivity index (χ0n) is 11.9. The molecule has 1 amide bonds. The van der Waals surface area contributed by atoms with E-state index >= 15 is 0 Å². The van der Waals surface area contributed by atoms with Gasteiger partial charge in [-0.15, -0.1) is 0 Å². The van der Waals surface area contributed by atoms with Crippen LogP contribution in [-0.2, 0) is 16.0 Å². The molecule has 4 nitrogen and oxygen atoms in total. The zero-order chi connectivity index (χ0) is 15.7. The van der Waals surface area contributed by atoms with Crippen molar-refractivity contribution in [2.45, 2.75) is 19.4 Å². The van der Waals surface area contributed by atoms with Gasteiger partial charge in [0.2, 0.25) is 0 Å². The maximum Gasteiger partial charge on any atom is 0.339 e. The first-order valence-electron chi connectivity index (χ1n) is 6.90. The van der Waals surface area contributed by atoms with Crippen LogP contribution in [0.15, 0.2) is 42.5 Å². The summed E-state index contributed by atoms with van der Waals surface area (Å²) in [6.45, 7) is 1.97. The molecule has 1 unspecified atom stereocenters. The van der Waals surface area contributed by atoms with E-state index in [-0.39, 0.29) is 5.91 Å². The van der Waals surface area contributed by atoms with Crippen LogP contribution in [0, 0.1) is 6.92 Å². The van der Waals surface area contributed by atoms with E-state index in [9.17, 15) is 9.59 Å². The molecule has 0 aliphatic carbocycles. The Balaban J connectivity index is 1.77. The number of cyclic esters (lactones) is 1. The van der Waals surface area contributed by atoms with Gasteiger partial charge in [-0.25, -0.2) is 4.79 Å². The number of carbonyl (C=O) groups excluding carboxylic acids is 2. The van der Waals surface area contributed by atoms with Gasteiger partial charge in [0.25, 0.3) is 5.91 Å². The minimum Gasteiger partial charge on any atom is -0.448 e. The fourth-order valence-corrected chi connectivity index (χ4v) is 2.56. The Labute approximate surface area is 133 Å². The highest BCUT2D eigenvalue weighted by Crippen LogP contribution is 2.24. The van der Waals surface area contributed by atoms with E-state index in [4.69, 9.17) is 16.3 Å². The number of carbonyl (C=O) groups is 2. The van der Waals surface area contributed by atoms with Crippen molar-refractivity contribution in [1.29, 1.82) is 0 Å². The number of hydrogen-bond donors (Lipinski definition) is 1. The lowest BCUT2D eigenvalue weighted by Gasteiger charge is -2.24. The lowest BCUT2D eigenvalue weighted by atomic mass is 9.98. The first-order chi connectivity index (χ1) is 10.5. The molecule has 1 aliphatic rings. The van der Waals surface area contributed by atoms with E-state index in [1.807, 2.05) is 31.2 Å². The van der Waals surface area contributed by atoms with Crippen LogP contribution in [0.2, 0.25) is 5.02 Å². The highest BCUT2D eigenvalue weighted by Gasteiger charge is 2.31. The number of benzene rings is 2. The maximum absolute atomic E-state index is 12.3. The van der Waals surface area contributed by atoms with E-state index in [1.165, 1.54) is 0 Å². The molecule has 2 aromatic carbocycles. The molecular weight excluding hydrogens is 302 g/mol. The average Bonchev–Trinajstić information content (AvgIpc) is 2.49. The van der Waals surface area contributed by atoms with Crippen LogP contribution in [0.1, 0.15) is 21.5 Å². The molecule has 1 aliphatic heterocycles. The van der Waals surface area contributed by atoms with Gasteiger partial charge in [-0.2, -0.15) is 0 Å². The summed E-state index contributed by atoms with van der Waals surface area (Å²) in [7, 11) is 0. The number of rotatable bonds is 2. The van der Waals surface area contributed by atoms with Gasteiger partial charge in [0.05, 0.1) is 5.56 Å². The number of hydrogen-bond acceptors (Lipinski definition) is 3. The third-order valence-corrected chi connectivity index (χ3v) is 3.79. The molecule has 0 radical (unpaired) electrons. The second-order valence-electron chi connectivity index (χ2n) is 5.25. The Morgan fingerprint density at radius 2 is 1.95 bits per heavy atom. The van der Waals surface area contributed by atoms with Crippen LogP contribution in [0.25, 0.3) is 0 Å². The molecule has 0 bridgehead atoms. The SMILES string of the molecule is Cc1ccc(NC(=O)C2Cc3cc(Cl)ccc3C(=O)O2)cc1. The topological polar surface area (TPSA) is 55.4 Å². The van der Waals surface area contributed by atoms with Crippen LogP contribution in [0.4, 0.5) is 5.69 Å². The average molecular weight is 316 g/mol. The number of nitrogens with one attached hydrogen (secondary N) is 1. The summed E-state index contributed by atoms with van der Waals surface area (Å²) in [5, 5.41) is 3.29. The van der Waals surface area contributed by atoms with Crippen molar-refractivity contribution in [3.8, 4) is 0 Å². The van der Waals surface area contributed by atoms with Crippen LogP contribution in [0.3, 0.4) is 0 Å². The van der Waals surface area contributed by atoms with Crippen LogP contribution >= 0.6 is 11.6 Å². The largest absolute Gasteiger partial charge is 0.448 e. The van der Waals surface area contributed by atoms with Gasteiger partial charge in [-0.05, 0) is 42.8 Å². The van der Waals surface area contributed by atoms with Gasteiger partial charge in [0.1, 0.15) is 0 Å². The molecule has 1 heterocycles. The molecular formula is C17H14ClNO3. The number of esters is 1. The molecule has 1 atom stereocenters. The van der Waals surface area contributed by atoms with E-state index < -0.39 is 12.1 Å². The number of ether oxygens (including phenoxy) is 1. The summed E-state index contributed by atoms with van der Waals surface area (Å²) < 4.78 is 5.22. The van der Waals surface area contributed by atoms with Crippen LogP contribution in [0.5, 0.6) is 0 Å². The smallest absolute Gasteiger partial charge is 0.339 e. The second-order valence-corrected chi connectivity index (χ2v) is 5.69. The monoisotopic (exact) mass is 315 g/mol. The quantitative estimate of drug-likeness (QED) is 0.864. The Morgan fingerprint density at radius 1 is 1.23 bits per heavy atom. The number of anilines is 1. The number of halogens is 1. The lowest BCUT2D eigenvalue weighted by Crippen LogP contribution is -2.38. The Hall–Kier alpha value is -2.33. The number of aryl methyl sites for hydroxylation is 1. The Bertz CT molecular complexity index is 740. The lowest BCUT2D eigenvalue weighted by molar-refractivity contribution is -0.125. The van der Waals surface area contributed by atoms with E-state index in [0.29, 0.717) is 22.7 Å². The molecule has 0 fully saturated rings. The molecule has 0 saturated carbocycles. The maximum atomic E-state index is 12.3. The molecule has 0 saturated heterocycles. The summed E-state index contributed by atoms with van der Waals surface area (Å²) in [5.41, 5.74) is 2.96. The van der Waals surface area contributed by atoms with E-state index in [0.717, 1.165) is 11.1 Å². The fraction of sp³-hybridized carbons (Fsp3) is 0.176. The van der Waals surface area contributed by atoms with E-state index in [1.54, 1.807) is 18.2 Å². The van der Waals surface area contributed by atoms with Crippen molar-refractivity contribution in [2.75, 3.05) is 5.32 Å². The summed E-state index contributed by atoms with van der Waals surface area (Å²) in [5.74, 6) is -0.843. The summed E-state index contributed by atoms with van der Waals surface area (Å²) in [6.07, 6.45) is -0.529. The van der Waals surface area contributed by atoms with Gasteiger partial charge < -0.3 is 10.1 Å². The first-order valence-corrected chi connectivity index (χ1v) is 7.27. The first kappa shape index (κ1) is 14.6. The Kier molecular flexibility index (Phi) is 3.86. The Morgan fingerprint density at radius 3 is 2.68 bits per heavy atom. The molecule has 0 spiro atoms. The predicted octanol–water partition coefficient (Wildman–Crippen LogP) is 3.37. The third kappa shape index (κ3) is 2.97. The van der Waals surface area contributed by atoms with Crippen molar-refractivity contribution in [2.24, 2.45) is 0 Å². The summed E-state index contributed by atoms with van der Waals surface area (Å²) in [4.78, 5) is 24.2. The van der Waals surface area contributed by atoms with Crippen molar-refractivity contribution in [1.82, 2.24) is 0 Å². The zero-order valence-corrected chi connectivity index (χ0v) is 12.7. The minimum atomic E-state index is -0.847. The normalized spacial score (nSPS) is 16.6. The van der Waals surface area contributed by atoms with Gasteiger partial charge in [0.15, 0.2) is 6.10 Å². The van der Waals surface area contributed by atoms with Crippen LogP contribution in [-0.4, -0.2) is 18.0 Å². The molecule has 0 aromatic heterocycles. The molecule has 22 heavy (non-hydrogen) atoms. The van der Waals surface area contributed by atoms with Crippen molar-refractivity contribution in [3.63, 3.8) is 0 Å². The summed E-state index contributed by atoms with van der Waals surface area (Å²) in [6, 6.07) is 12.4. The number of amides is 1. The van der Waals surface area contributed by atoms with Crippen LogP contribution < -0.4 is 5.32 Å². The van der Waals surface area contributed by atoms with Gasteiger partial charge in [-0.3, -0.25) is 4.79 Å². The molecule has 2 aromatic rings. The molecule has 1 N–H and O–H groups in total. The minimum absolute atomic E-state index is 0.319. The second kappa shape index (κ2) is 5.81. The molecule has 3 rings (SSSR count). The van der Waals surface area contributed by atoms with Crippen molar-refractivity contribution in [3.05, 3.63) is 64.2 Å². The standard InChI is InChI=1S/C17H14ClNO3/c1-10-2-5-13(6-3-10)19-16(20)15-9-11-8-12(18)4-7-14(11)17(21)22-15/h2-8,15H,9H2,1H3,(H,19,20). The van der Waals surface area contributed by atoms with Gasteiger partial charge in [-0.1, -0.05) is 29.3 Å². The predicted molar refractivity (Wildman–Crippen MR) is 84.2 cm³/mol. The molecule has 112 valence electrons. The third-order valence-electron chi connectivity index (χ3n) is 3.55. The van der Waals surface area contributed by atoms with Crippen molar-refractivity contribution < 1.29 is 14.3 Å². The molecule has 5 heteroatoms. The van der Waals surface area contributed by atoms with Gasteiger partial charge >= 0.3 is 5.97 Å². The highest BCUT2D eigenvalue weighted by molar-refractivity contribution is 6.30. The van der Waals surface area contributed by atoms with Crippen molar-refractivity contribution >= 4 is 29.2 Å². The summed E-state index contributed by atoms with van der Waals surface area (Å²) >= 11 is 5.94. The van der Waals surface area contributed by atoms with E-state index in [2.05, 4.69) is 5.32 Å². The van der Waals surface area contributed by atoms with Gasteiger partial charge in [0, 0.05) is 17.1 Å². The number of fused-ring (bicyclic) bond motifs is 1. The fourth-order valence-electron chi connectivity index (χ4n) is 2.37.